The number of nitrogens with zero attached hydrogens (tertiary/aromatic N) is 3. The Balaban J connectivity index is 1.74. The van der Waals surface area contributed by atoms with Gasteiger partial charge in [0.05, 0.1) is 24.0 Å². The van der Waals surface area contributed by atoms with Gasteiger partial charge < -0.3 is 9.88 Å². The second-order valence-electron chi connectivity index (χ2n) is 6.16. The van der Waals surface area contributed by atoms with Crippen LogP contribution in [-0.4, -0.2) is 32.4 Å². The maximum Gasteiger partial charge on any atom is 0.323 e. The lowest BCUT2D eigenvalue weighted by Gasteiger charge is -2.24. The third-order valence-electron chi connectivity index (χ3n) is 3.62. The highest BCUT2D eigenvalue weighted by atomic mass is 16.2. The number of pyridine rings is 2. The molecule has 0 atom stereocenters. The number of fused-ring (bicyclic) bond motifs is 1. The molecule has 0 aliphatic carbocycles. The van der Waals surface area contributed by atoms with Gasteiger partial charge in [0.15, 0.2) is 0 Å². The first-order valence-corrected chi connectivity index (χ1v) is 8.01. The van der Waals surface area contributed by atoms with Gasteiger partial charge in [0, 0.05) is 24.3 Å². The Morgan fingerprint density at radius 3 is 2.92 bits per heavy atom. The normalized spacial score (nSPS) is 11.0. The Kier molecular flexibility index (Phi) is 4.74. The number of aromatic amines is 1. The van der Waals surface area contributed by atoms with Gasteiger partial charge in [-0.15, -0.1) is 0 Å². The van der Waals surface area contributed by atoms with Crippen molar-refractivity contribution in [3.05, 3.63) is 54.6 Å². The molecule has 0 fully saturated rings. The van der Waals surface area contributed by atoms with Crippen LogP contribution in [0.5, 0.6) is 0 Å². The molecule has 3 heterocycles. The molecule has 24 heavy (non-hydrogen) atoms. The van der Waals surface area contributed by atoms with E-state index in [9.17, 15) is 4.79 Å². The van der Waals surface area contributed by atoms with Crippen molar-refractivity contribution < 1.29 is 4.79 Å². The first-order valence-electron chi connectivity index (χ1n) is 8.01. The van der Waals surface area contributed by atoms with Crippen molar-refractivity contribution in [2.45, 2.75) is 20.4 Å². The average Bonchev–Trinajstić information content (AvgIpc) is 3.02. The lowest BCUT2D eigenvalue weighted by Crippen LogP contribution is -2.37. The minimum absolute atomic E-state index is 0.170. The minimum Gasteiger partial charge on any atom is -0.360 e. The molecule has 0 aromatic carbocycles. The van der Waals surface area contributed by atoms with Gasteiger partial charge in [0.2, 0.25) is 0 Å². The van der Waals surface area contributed by atoms with Gasteiger partial charge in [-0.3, -0.25) is 10.3 Å². The maximum absolute atomic E-state index is 12.7. The highest BCUT2D eigenvalue weighted by Gasteiger charge is 2.16. The van der Waals surface area contributed by atoms with Crippen LogP contribution in [0.15, 0.2) is 48.9 Å². The van der Waals surface area contributed by atoms with E-state index in [1.165, 1.54) is 0 Å². The van der Waals surface area contributed by atoms with E-state index in [0.29, 0.717) is 24.8 Å². The van der Waals surface area contributed by atoms with Gasteiger partial charge in [-0.1, -0.05) is 19.9 Å². The minimum atomic E-state index is -0.170. The molecule has 6 heteroatoms. The molecule has 0 aliphatic rings. The van der Waals surface area contributed by atoms with Crippen molar-refractivity contribution in [3.63, 3.8) is 0 Å². The third-order valence-corrected chi connectivity index (χ3v) is 3.62. The van der Waals surface area contributed by atoms with Gasteiger partial charge in [-0.25, -0.2) is 9.78 Å². The molecule has 2 amide bonds. The highest BCUT2D eigenvalue weighted by Crippen LogP contribution is 2.16. The molecule has 0 saturated heterocycles. The van der Waals surface area contributed by atoms with Gasteiger partial charge in [0.25, 0.3) is 0 Å². The Bertz CT molecular complexity index is 812. The van der Waals surface area contributed by atoms with Crippen molar-refractivity contribution in [3.8, 4) is 0 Å². The summed E-state index contributed by atoms with van der Waals surface area (Å²) in [5.41, 5.74) is 1.81. The summed E-state index contributed by atoms with van der Waals surface area (Å²) in [4.78, 5) is 26.1. The zero-order chi connectivity index (χ0) is 16.9. The van der Waals surface area contributed by atoms with Crippen molar-refractivity contribution >= 4 is 22.8 Å². The lowest BCUT2D eigenvalue weighted by molar-refractivity contribution is 0.201. The molecule has 0 saturated carbocycles. The SMILES string of the molecule is CC(C)CN(Cc1ccccn1)C(=O)Nc1cc2cc[nH]c2cn1. The summed E-state index contributed by atoms with van der Waals surface area (Å²) in [5, 5.41) is 3.90. The largest absolute Gasteiger partial charge is 0.360 e. The number of hydrogen-bond donors (Lipinski definition) is 2. The number of carbonyl (C=O) groups is 1. The first kappa shape index (κ1) is 16.0. The fraction of sp³-hybridized carbons (Fsp3) is 0.278. The Labute approximate surface area is 140 Å². The highest BCUT2D eigenvalue weighted by molar-refractivity contribution is 5.91. The Hall–Kier alpha value is -2.89. The summed E-state index contributed by atoms with van der Waals surface area (Å²) in [6, 6.07) is 9.35. The van der Waals surface area contributed by atoms with Crippen LogP contribution in [0.4, 0.5) is 10.6 Å². The molecule has 3 aromatic rings. The zero-order valence-corrected chi connectivity index (χ0v) is 13.9. The van der Waals surface area contributed by atoms with Gasteiger partial charge in [-0.05, 0) is 30.2 Å². The van der Waals surface area contributed by atoms with Crippen molar-refractivity contribution in [1.82, 2.24) is 19.9 Å². The van der Waals surface area contributed by atoms with Crippen LogP contribution in [0, 0.1) is 5.92 Å². The lowest BCUT2D eigenvalue weighted by atomic mass is 10.2. The molecule has 124 valence electrons. The quantitative estimate of drug-likeness (QED) is 0.752. The standard InChI is InChI=1S/C18H21N5O/c1-13(2)11-23(12-15-5-3-4-7-19-15)18(24)22-17-9-14-6-8-20-16(14)10-21-17/h3-10,13,20H,11-12H2,1-2H3,(H,21,22,24). The summed E-state index contributed by atoms with van der Waals surface area (Å²) in [5.74, 6) is 0.904. The van der Waals surface area contributed by atoms with E-state index in [1.54, 1.807) is 17.3 Å². The van der Waals surface area contributed by atoms with E-state index < -0.39 is 0 Å². The number of rotatable bonds is 5. The number of hydrogen-bond acceptors (Lipinski definition) is 3. The molecular weight excluding hydrogens is 302 g/mol. The van der Waals surface area contributed by atoms with Crippen LogP contribution < -0.4 is 5.32 Å². The number of anilines is 1. The topological polar surface area (TPSA) is 73.9 Å². The summed E-state index contributed by atoms with van der Waals surface area (Å²) in [6.07, 6.45) is 5.31. The maximum atomic E-state index is 12.7. The second-order valence-corrected chi connectivity index (χ2v) is 6.16. The number of H-pyrrole nitrogens is 1. The number of carbonyl (C=O) groups excluding carboxylic acids is 1. The zero-order valence-electron chi connectivity index (χ0n) is 13.9. The molecule has 6 nitrogen and oxygen atoms in total. The van der Waals surface area contributed by atoms with Crippen LogP contribution in [-0.2, 0) is 6.54 Å². The fourth-order valence-electron chi connectivity index (χ4n) is 2.55. The first-order chi connectivity index (χ1) is 11.6. The molecular formula is C18H21N5O. The number of aromatic nitrogens is 3. The van der Waals surface area contributed by atoms with E-state index in [2.05, 4.69) is 34.1 Å². The fourth-order valence-corrected chi connectivity index (χ4v) is 2.55. The van der Waals surface area contributed by atoms with E-state index in [4.69, 9.17) is 0 Å². The van der Waals surface area contributed by atoms with E-state index >= 15 is 0 Å². The number of nitrogens with one attached hydrogen (secondary N) is 2. The summed E-state index contributed by atoms with van der Waals surface area (Å²) in [7, 11) is 0. The average molecular weight is 323 g/mol. The Morgan fingerprint density at radius 2 is 2.17 bits per heavy atom. The predicted octanol–water partition coefficient (Wildman–Crippen LogP) is 3.65. The summed E-state index contributed by atoms with van der Waals surface area (Å²) < 4.78 is 0. The van der Waals surface area contributed by atoms with Gasteiger partial charge >= 0.3 is 6.03 Å². The number of amides is 2. The molecule has 2 N–H and O–H groups in total. The van der Waals surface area contributed by atoms with Crippen LogP contribution in [0.1, 0.15) is 19.5 Å². The van der Waals surface area contributed by atoms with Gasteiger partial charge in [-0.2, -0.15) is 0 Å². The predicted molar refractivity (Wildman–Crippen MR) is 94.6 cm³/mol. The third kappa shape index (κ3) is 3.90. The molecule has 0 bridgehead atoms. The van der Waals surface area contributed by atoms with Crippen molar-refractivity contribution in [2.24, 2.45) is 5.92 Å². The monoisotopic (exact) mass is 323 g/mol. The van der Waals surface area contributed by atoms with E-state index in [1.807, 2.05) is 36.5 Å². The molecule has 0 unspecified atom stereocenters. The molecule has 0 spiro atoms. The van der Waals surface area contributed by atoms with Crippen LogP contribution in [0.25, 0.3) is 10.9 Å². The van der Waals surface area contributed by atoms with Crippen molar-refractivity contribution in [2.75, 3.05) is 11.9 Å². The molecule has 3 aromatic heterocycles. The smallest absolute Gasteiger partial charge is 0.323 e. The van der Waals surface area contributed by atoms with Gasteiger partial charge in [0.1, 0.15) is 5.82 Å². The summed E-state index contributed by atoms with van der Waals surface area (Å²) in [6.45, 7) is 5.29. The van der Waals surface area contributed by atoms with E-state index in [-0.39, 0.29) is 6.03 Å². The molecule has 0 radical (unpaired) electrons. The molecule has 3 rings (SSSR count). The Morgan fingerprint density at radius 1 is 1.29 bits per heavy atom. The molecule has 0 aliphatic heterocycles. The van der Waals surface area contributed by atoms with E-state index in [0.717, 1.165) is 16.6 Å². The van der Waals surface area contributed by atoms with Crippen molar-refractivity contribution in [1.29, 1.82) is 0 Å². The van der Waals surface area contributed by atoms with Crippen LogP contribution in [0.3, 0.4) is 0 Å². The van der Waals surface area contributed by atoms with Crippen LogP contribution in [0.2, 0.25) is 0 Å². The number of urea groups is 1. The summed E-state index contributed by atoms with van der Waals surface area (Å²) >= 11 is 0. The van der Waals surface area contributed by atoms with Crippen LogP contribution >= 0.6 is 0 Å². The second kappa shape index (κ2) is 7.12.